The van der Waals surface area contributed by atoms with Crippen LogP contribution in [0.1, 0.15) is 41.0 Å². The zero-order valence-corrected chi connectivity index (χ0v) is 19.2. The lowest BCUT2D eigenvalue weighted by atomic mass is 9.96. The molecule has 0 amide bonds. The third kappa shape index (κ3) is 8.08. The quantitative estimate of drug-likeness (QED) is 0.213. The van der Waals surface area contributed by atoms with E-state index in [1.165, 1.54) is 12.1 Å². The van der Waals surface area contributed by atoms with Crippen molar-refractivity contribution in [2.24, 2.45) is 21.4 Å². The summed E-state index contributed by atoms with van der Waals surface area (Å²) in [6.45, 7) is 14.6. The number of anilines is 1. The molecule has 0 aromatic heterocycles. The second-order valence-electron chi connectivity index (χ2n) is 7.83. The molecule has 0 bridgehead atoms. The van der Waals surface area contributed by atoms with Crippen molar-refractivity contribution in [1.29, 1.82) is 0 Å². The SMILES string of the molecule is C=C(C)C(CCN(C)N=NC(C)[C@H](C)C(C)N(C)/N=C\C)Nc1ccc(F)cc1F. The Morgan fingerprint density at radius 1 is 1.23 bits per heavy atom. The van der Waals surface area contributed by atoms with E-state index in [9.17, 15) is 8.78 Å². The summed E-state index contributed by atoms with van der Waals surface area (Å²) in [6, 6.07) is 3.58. The lowest BCUT2D eigenvalue weighted by molar-refractivity contribution is 0.185. The number of benzene rings is 1. The number of halogens is 2. The highest BCUT2D eigenvalue weighted by molar-refractivity contribution is 5.52. The molecule has 1 aromatic rings. The molecule has 3 unspecified atom stereocenters. The van der Waals surface area contributed by atoms with Crippen molar-refractivity contribution >= 4 is 11.9 Å². The highest BCUT2D eigenvalue weighted by atomic mass is 19.1. The van der Waals surface area contributed by atoms with Crippen LogP contribution in [0.3, 0.4) is 0 Å². The van der Waals surface area contributed by atoms with Gasteiger partial charge in [0.1, 0.15) is 11.6 Å². The largest absolute Gasteiger partial charge is 0.376 e. The molecule has 0 aliphatic heterocycles. The third-order valence-corrected chi connectivity index (χ3v) is 5.39. The summed E-state index contributed by atoms with van der Waals surface area (Å²) in [7, 11) is 3.80. The Balaban J connectivity index is 2.63. The summed E-state index contributed by atoms with van der Waals surface area (Å²) in [5.41, 5.74) is 1.11. The maximum Gasteiger partial charge on any atom is 0.149 e. The van der Waals surface area contributed by atoms with Crippen molar-refractivity contribution in [1.82, 2.24) is 10.0 Å². The van der Waals surface area contributed by atoms with Crippen molar-refractivity contribution in [2.75, 3.05) is 26.0 Å². The number of hydrogen-bond donors (Lipinski definition) is 1. The highest BCUT2D eigenvalue weighted by Gasteiger charge is 2.22. The molecular formula is C22H36F2N6. The molecule has 6 nitrogen and oxygen atoms in total. The van der Waals surface area contributed by atoms with Gasteiger partial charge in [-0.1, -0.05) is 24.3 Å². The van der Waals surface area contributed by atoms with Gasteiger partial charge in [-0.05, 0) is 46.2 Å². The molecular weight excluding hydrogens is 386 g/mol. The molecule has 0 aliphatic carbocycles. The number of hydrazone groups is 1. The minimum absolute atomic E-state index is 0.0281. The first kappa shape index (κ1) is 25.5. The van der Waals surface area contributed by atoms with E-state index in [2.05, 4.69) is 41.2 Å². The minimum Gasteiger partial charge on any atom is -0.376 e. The van der Waals surface area contributed by atoms with Crippen LogP contribution >= 0.6 is 0 Å². The number of nitrogens with zero attached hydrogens (tertiary/aromatic N) is 5. The van der Waals surface area contributed by atoms with E-state index in [0.717, 1.165) is 11.6 Å². The van der Waals surface area contributed by atoms with Gasteiger partial charge in [-0.3, -0.25) is 10.0 Å². The third-order valence-electron chi connectivity index (χ3n) is 5.39. The average molecular weight is 423 g/mol. The standard InChI is InChI=1S/C22H36F2N6/c1-9-25-30(8)18(6)16(4)17(5)27-28-29(7)13-12-21(15(2)3)26-22-11-10-19(23)14-20(22)24/h9-11,14,16-18,21,26H,2,12-13H2,1,3-8H3/b25-9-,28-27?/t16-,17?,18?,21?/m0/s1. The van der Waals surface area contributed by atoms with E-state index in [1.54, 1.807) is 11.2 Å². The van der Waals surface area contributed by atoms with E-state index >= 15 is 0 Å². The molecule has 0 saturated carbocycles. The van der Waals surface area contributed by atoms with Crippen LogP contribution in [0.5, 0.6) is 0 Å². The Kier molecular flexibility index (Phi) is 10.4. The Hall–Kier alpha value is -2.51. The molecule has 0 fully saturated rings. The van der Waals surface area contributed by atoms with Crippen LogP contribution in [-0.2, 0) is 0 Å². The molecule has 4 atom stereocenters. The van der Waals surface area contributed by atoms with Gasteiger partial charge in [0.05, 0.1) is 11.7 Å². The molecule has 0 heterocycles. The average Bonchev–Trinajstić information content (AvgIpc) is 2.69. The predicted molar refractivity (Wildman–Crippen MR) is 121 cm³/mol. The molecule has 0 spiro atoms. The van der Waals surface area contributed by atoms with E-state index in [4.69, 9.17) is 0 Å². The van der Waals surface area contributed by atoms with Gasteiger partial charge in [0.25, 0.3) is 0 Å². The first-order valence-electron chi connectivity index (χ1n) is 10.3. The van der Waals surface area contributed by atoms with E-state index in [-0.39, 0.29) is 29.7 Å². The van der Waals surface area contributed by atoms with Gasteiger partial charge >= 0.3 is 0 Å². The Bertz CT molecular complexity index is 736. The van der Waals surface area contributed by atoms with Crippen molar-refractivity contribution in [2.45, 2.75) is 59.2 Å². The molecule has 1 aromatic carbocycles. The van der Waals surface area contributed by atoms with E-state index in [0.29, 0.717) is 13.0 Å². The summed E-state index contributed by atoms with van der Waals surface area (Å²) in [4.78, 5) is 0. The Labute approximate surface area is 179 Å². The number of nitrogens with one attached hydrogen (secondary N) is 1. The zero-order valence-electron chi connectivity index (χ0n) is 19.2. The lowest BCUT2D eigenvalue weighted by Crippen LogP contribution is -2.35. The molecule has 30 heavy (non-hydrogen) atoms. The minimum atomic E-state index is -0.622. The van der Waals surface area contributed by atoms with Gasteiger partial charge in [-0.25, -0.2) is 8.78 Å². The van der Waals surface area contributed by atoms with Crippen LogP contribution in [0.15, 0.2) is 45.8 Å². The van der Waals surface area contributed by atoms with Crippen LogP contribution in [0.2, 0.25) is 0 Å². The smallest absolute Gasteiger partial charge is 0.149 e. The number of hydrogen-bond acceptors (Lipinski definition) is 5. The van der Waals surface area contributed by atoms with Crippen molar-refractivity contribution in [3.05, 3.63) is 42.0 Å². The predicted octanol–water partition coefficient (Wildman–Crippen LogP) is 5.36. The summed E-state index contributed by atoms with van der Waals surface area (Å²) in [5.74, 6) is -0.957. The summed E-state index contributed by atoms with van der Waals surface area (Å²) in [6.07, 6.45) is 2.42. The van der Waals surface area contributed by atoms with Crippen LogP contribution in [0.25, 0.3) is 0 Å². The molecule has 0 radical (unpaired) electrons. The summed E-state index contributed by atoms with van der Waals surface area (Å²) in [5, 5.41) is 19.8. The Morgan fingerprint density at radius 3 is 2.47 bits per heavy atom. The van der Waals surface area contributed by atoms with Gasteiger partial charge < -0.3 is 5.32 Å². The molecule has 1 N–H and O–H groups in total. The van der Waals surface area contributed by atoms with E-state index in [1.807, 2.05) is 39.9 Å². The molecule has 8 heteroatoms. The maximum atomic E-state index is 13.9. The molecule has 0 saturated heterocycles. The number of rotatable bonds is 12. The van der Waals surface area contributed by atoms with Crippen LogP contribution in [0.4, 0.5) is 14.5 Å². The summed E-state index contributed by atoms with van der Waals surface area (Å²) < 4.78 is 27.1. The Morgan fingerprint density at radius 2 is 1.90 bits per heavy atom. The van der Waals surface area contributed by atoms with Crippen molar-refractivity contribution in [3.63, 3.8) is 0 Å². The van der Waals surface area contributed by atoms with Gasteiger partial charge in [-0.15, -0.1) is 0 Å². The molecule has 1 rings (SSSR count). The first-order valence-corrected chi connectivity index (χ1v) is 10.3. The normalized spacial score (nSPS) is 15.8. The highest BCUT2D eigenvalue weighted by Crippen LogP contribution is 2.20. The van der Waals surface area contributed by atoms with Crippen LogP contribution < -0.4 is 5.32 Å². The first-order chi connectivity index (χ1) is 14.1. The van der Waals surface area contributed by atoms with Gasteiger partial charge in [0.15, 0.2) is 0 Å². The topological polar surface area (TPSA) is 55.6 Å². The second kappa shape index (κ2) is 12.2. The van der Waals surface area contributed by atoms with Crippen LogP contribution in [0, 0.1) is 17.6 Å². The fourth-order valence-corrected chi connectivity index (χ4v) is 2.90. The van der Waals surface area contributed by atoms with Gasteiger partial charge in [0, 0.05) is 50.9 Å². The fraction of sp³-hybridized carbons (Fsp3) is 0.591. The van der Waals surface area contributed by atoms with Gasteiger partial charge in [0.2, 0.25) is 0 Å². The fourth-order valence-electron chi connectivity index (χ4n) is 2.90. The van der Waals surface area contributed by atoms with E-state index < -0.39 is 11.6 Å². The second-order valence-corrected chi connectivity index (χ2v) is 7.83. The monoisotopic (exact) mass is 422 g/mol. The molecule has 168 valence electrons. The lowest BCUT2D eigenvalue weighted by Gasteiger charge is -2.29. The van der Waals surface area contributed by atoms with Crippen molar-refractivity contribution in [3.8, 4) is 0 Å². The maximum absolute atomic E-state index is 13.9. The van der Waals surface area contributed by atoms with Gasteiger partial charge in [-0.2, -0.15) is 10.2 Å². The molecule has 0 aliphatic rings. The van der Waals surface area contributed by atoms with Crippen molar-refractivity contribution < 1.29 is 8.78 Å². The zero-order chi connectivity index (χ0) is 22.8. The summed E-state index contributed by atoms with van der Waals surface area (Å²) >= 11 is 0. The van der Waals surface area contributed by atoms with Crippen LogP contribution in [-0.4, -0.2) is 55.0 Å².